The molecule has 0 amide bonds. The average molecular weight is 387 g/mol. The number of thiophene rings is 1. The van der Waals surface area contributed by atoms with E-state index in [1.54, 1.807) is 37.3 Å². The Morgan fingerprint density at radius 2 is 1.58 bits per heavy atom. The van der Waals surface area contributed by atoms with Crippen LogP contribution in [0.5, 0.6) is 0 Å². The number of anilines is 2. The van der Waals surface area contributed by atoms with Crippen molar-refractivity contribution in [1.82, 2.24) is 0 Å². The standard InChI is InChI=1S/C20H22N2O2S2/c1-15(2)26(23,24)22-19-9-5-16(6-10-19)14-21-18-11-7-17(8-12-18)20-4-3-13-25-20/h3-13,15,21-22H,14H2,1-2H3. The molecular weight excluding hydrogens is 364 g/mol. The van der Waals surface area contributed by atoms with Crippen molar-refractivity contribution in [2.24, 2.45) is 0 Å². The number of hydrogen-bond donors (Lipinski definition) is 2. The highest BCUT2D eigenvalue weighted by Crippen LogP contribution is 2.26. The van der Waals surface area contributed by atoms with Crippen molar-refractivity contribution in [3.63, 3.8) is 0 Å². The molecule has 0 saturated heterocycles. The van der Waals surface area contributed by atoms with Crippen LogP contribution < -0.4 is 10.0 Å². The molecule has 0 aliphatic rings. The lowest BCUT2D eigenvalue weighted by molar-refractivity contribution is 0.593. The molecule has 0 spiro atoms. The van der Waals surface area contributed by atoms with E-state index in [1.807, 2.05) is 12.1 Å². The number of nitrogens with one attached hydrogen (secondary N) is 2. The van der Waals surface area contributed by atoms with Gasteiger partial charge in [-0.2, -0.15) is 0 Å². The summed E-state index contributed by atoms with van der Waals surface area (Å²) in [7, 11) is -3.31. The first-order chi connectivity index (χ1) is 12.4. The zero-order chi connectivity index (χ0) is 18.6. The first-order valence-electron chi connectivity index (χ1n) is 8.42. The Balaban J connectivity index is 1.58. The second-order valence-corrected chi connectivity index (χ2v) is 9.49. The predicted molar refractivity (Wildman–Crippen MR) is 111 cm³/mol. The van der Waals surface area contributed by atoms with E-state index in [2.05, 4.69) is 51.8 Å². The molecule has 0 saturated carbocycles. The van der Waals surface area contributed by atoms with Gasteiger partial charge in [0, 0.05) is 22.8 Å². The summed E-state index contributed by atoms with van der Waals surface area (Å²) in [6.07, 6.45) is 0. The normalized spacial score (nSPS) is 11.5. The van der Waals surface area contributed by atoms with Crippen molar-refractivity contribution in [2.75, 3.05) is 10.0 Å². The van der Waals surface area contributed by atoms with Gasteiger partial charge in [-0.25, -0.2) is 8.42 Å². The molecule has 136 valence electrons. The maximum atomic E-state index is 11.9. The van der Waals surface area contributed by atoms with Crippen molar-refractivity contribution in [1.29, 1.82) is 0 Å². The van der Waals surface area contributed by atoms with E-state index in [4.69, 9.17) is 0 Å². The Hall–Kier alpha value is -2.31. The van der Waals surface area contributed by atoms with E-state index < -0.39 is 15.3 Å². The van der Waals surface area contributed by atoms with E-state index >= 15 is 0 Å². The molecule has 1 heterocycles. The number of hydrogen-bond acceptors (Lipinski definition) is 4. The highest BCUT2D eigenvalue weighted by Gasteiger charge is 2.15. The van der Waals surface area contributed by atoms with Gasteiger partial charge in [0.15, 0.2) is 0 Å². The zero-order valence-corrected chi connectivity index (χ0v) is 16.4. The van der Waals surface area contributed by atoms with Gasteiger partial charge in [0.25, 0.3) is 0 Å². The Morgan fingerprint density at radius 1 is 0.923 bits per heavy atom. The first-order valence-corrected chi connectivity index (χ1v) is 10.8. The fourth-order valence-electron chi connectivity index (χ4n) is 2.37. The fraction of sp³-hybridized carbons (Fsp3) is 0.200. The van der Waals surface area contributed by atoms with Gasteiger partial charge >= 0.3 is 0 Å². The molecule has 0 fully saturated rings. The summed E-state index contributed by atoms with van der Waals surface area (Å²) in [6, 6.07) is 19.9. The lowest BCUT2D eigenvalue weighted by Crippen LogP contribution is -2.22. The fourth-order valence-corrected chi connectivity index (χ4v) is 3.81. The molecule has 0 bridgehead atoms. The lowest BCUT2D eigenvalue weighted by Gasteiger charge is -2.12. The summed E-state index contributed by atoms with van der Waals surface area (Å²) in [5, 5.41) is 5.00. The Morgan fingerprint density at radius 3 is 2.15 bits per heavy atom. The summed E-state index contributed by atoms with van der Waals surface area (Å²) < 4.78 is 26.4. The van der Waals surface area contributed by atoms with Gasteiger partial charge in [-0.1, -0.05) is 30.3 Å². The molecular formula is C20H22N2O2S2. The molecule has 3 aromatic rings. The topological polar surface area (TPSA) is 58.2 Å². The highest BCUT2D eigenvalue weighted by molar-refractivity contribution is 7.93. The molecule has 0 atom stereocenters. The lowest BCUT2D eigenvalue weighted by atomic mass is 10.1. The van der Waals surface area contributed by atoms with Gasteiger partial charge in [-0.05, 0) is 60.7 Å². The Bertz CT molecular complexity index is 930. The maximum absolute atomic E-state index is 11.9. The molecule has 1 aromatic heterocycles. The van der Waals surface area contributed by atoms with Crippen LogP contribution in [0.1, 0.15) is 19.4 Å². The van der Waals surface area contributed by atoms with Crippen LogP contribution in [0.15, 0.2) is 66.0 Å². The second kappa shape index (κ2) is 7.93. The van der Waals surface area contributed by atoms with Gasteiger partial charge in [0.2, 0.25) is 10.0 Å². The highest BCUT2D eigenvalue weighted by atomic mass is 32.2. The van der Waals surface area contributed by atoms with Crippen LogP contribution in [0.3, 0.4) is 0 Å². The maximum Gasteiger partial charge on any atom is 0.235 e. The van der Waals surface area contributed by atoms with Crippen LogP contribution in [0.25, 0.3) is 10.4 Å². The summed E-state index contributed by atoms with van der Waals surface area (Å²) in [6.45, 7) is 3.99. The van der Waals surface area contributed by atoms with Crippen LogP contribution in [0.2, 0.25) is 0 Å². The minimum Gasteiger partial charge on any atom is -0.381 e. The smallest absolute Gasteiger partial charge is 0.235 e. The van der Waals surface area contributed by atoms with E-state index in [1.165, 1.54) is 10.4 Å². The van der Waals surface area contributed by atoms with E-state index in [9.17, 15) is 8.42 Å². The van der Waals surface area contributed by atoms with Crippen molar-refractivity contribution in [2.45, 2.75) is 25.6 Å². The summed E-state index contributed by atoms with van der Waals surface area (Å²) in [5.74, 6) is 0. The van der Waals surface area contributed by atoms with Crippen molar-refractivity contribution in [3.05, 3.63) is 71.6 Å². The van der Waals surface area contributed by atoms with Crippen LogP contribution in [-0.4, -0.2) is 13.7 Å². The third-order valence-corrected chi connectivity index (χ3v) is 6.70. The van der Waals surface area contributed by atoms with E-state index in [-0.39, 0.29) is 0 Å². The third-order valence-electron chi connectivity index (χ3n) is 4.02. The molecule has 0 aliphatic heterocycles. The molecule has 3 rings (SSSR count). The van der Waals surface area contributed by atoms with Gasteiger partial charge in [0.05, 0.1) is 5.25 Å². The summed E-state index contributed by atoms with van der Waals surface area (Å²) >= 11 is 1.73. The van der Waals surface area contributed by atoms with Crippen molar-refractivity contribution < 1.29 is 8.42 Å². The predicted octanol–water partition coefficient (Wildman–Crippen LogP) is 5.18. The average Bonchev–Trinajstić information content (AvgIpc) is 3.16. The monoisotopic (exact) mass is 386 g/mol. The molecule has 0 aliphatic carbocycles. The number of rotatable bonds is 7. The summed E-state index contributed by atoms with van der Waals surface area (Å²) in [5.41, 5.74) is 3.94. The third kappa shape index (κ3) is 4.65. The van der Waals surface area contributed by atoms with Gasteiger partial charge in [-0.3, -0.25) is 4.72 Å². The van der Waals surface area contributed by atoms with Crippen LogP contribution in [-0.2, 0) is 16.6 Å². The molecule has 6 heteroatoms. The minimum atomic E-state index is -3.31. The van der Waals surface area contributed by atoms with Gasteiger partial charge < -0.3 is 5.32 Å². The van der Waals surface area contributed by atoms with Crippen molar-refractivity contribution in [3.8, 4) is 10.4 Å². The molecule has 26 heavy (non-hydrogen) atoms. The first kappa shape index (κ1) is 18.5. The Kier molecular flexibility index (Phi) is 5.64. The molecule has 0 unspecified atom stereocenters. The molecule has 4 nitrogen and oxygen atoms in total. The zero-order valence-electron chi connectivity index (χ0n) is 14.8. The quantitative estimate of drug-likeness (QED) is 0.588. The van der Waals surface area contributed by atoms with E-state index in [0.717, 1.165) is 11.3 Å². The van der Waals surface area contributed by atoms with Crippen molar-refractivity contribution >= 4 is 32.7 Å². The SMILES string of the molecule is CC(C)S(=O)(=O)Nc1ccc(CNc2ccc(-c3cccs3)cc2)cc1. The van der Waals surface area contributed by atoms with E-state index in [0.29, 0.717) is 12.2 Å². The van der Waals surface area contributed by atoms with Crippen LogP contribution in [0, 0.1) is 0 Å². The molecule has 0 radical (unpaired) electrons. The summed E-state index contributed by atoms with van der Waals surface area (Å²) in [4.78, 5) is 1.26. The molecule has 2 N–H and O–H groups in total. The number of benzene rings is 2. The van der Waals surface area contributed by atoms with Gasteiger partial charge in [-0.15, -0.1) is 11.3 Å². The Labute approximate surface area is 159 Å². The van der Waals surface area contributed by atoms with Gasteiger partial charge in [0.1, 0.15) is 0 Å². The number of sulfonamides is 1. The molecule has 2 aromatic carbocycles. The van der Waals surface area contributed by atoms with Crippen LogP contribution in [0.4, 0.5) is 11.4 Å². The minimum absolute atomic E-state index is 0.457. The largest absolute Gasteiger partial charge is 0.381 e. The second-order valence-electron chi connectivity index (χ2n) is 6.30. The van der Waals surface area contributed by atoms with Crippen LogP contribution >= 0.6 is 11.3 Å².